The van der Waals surface area contributed by atoms with Crippen molar-refractivity contribution in [2.75, 3.05) is 0 Å². The van der Waals surface area contributed by atoms with Crippen LogP contribution in [0.2, 0.25) is 0 Å². The van der Waals surface area contributed by atoms with E-state index < -0.39 is 0 Å². The first kappa shape index (κ1) is 12.0. The molecule has 4 unspecified atom stereocenters. The lowest BCUT2D eigenvalue weighted by Crippen LogP contribution is -2.47. The van der Waals surface area contributed by atoms with E-state index in [-0.39, 0.29) is 0 Å². The van der Waals surface area contributed by atoms with Crippen LogP contribution in [0.5, 0.6) is 0 Å². The number of hydrogen-bond acceptors (Lipinski definition) is 0. The minimum atomic E-state index is 0.336. The highest BCUT2D eigenvalue weighted by Gasteiger charge is 2.61. The number of fused-ring (bicyclic) bond motifs is 2. The lowest BCUT2D eigenvalue weighted by Gasteiger charge is -2.53. The van der Waals surface area contributed by atoms with Crippen LogP contribution >= 0.6 is 0 Å². The maximum absolute atomic E-state index is 4.38. The predicted molar refractivity (Wildman–Crippen MR) is 71.2 cm³/mol. The predicted octanol–water partition coefficient (Wildman–Crippen LogP) is 4.83. The van der Waals surface area contributed by atoms with Crippen molar-refractivity contribution in [1.29, 1.82) is 0 Å². The van der Waals surface area contributed by atoms with Gasteiger partial charge in [-0.1, -0.05) is 57.9 Å². The summed E-state index contributed by atoms with van der Waals surface area (Å²) in [6.45, 7) is 21.2. The Hall–Kier alpha value is -0.520. The molecule has 0 amide bonds. The molecule has 0 saturated heterocycles. The molecule has 90 valence electrons. The minimum Gasteiger partial charge on any atom is -0.0993 e. The van der Waals surface area contributed by atoms with Gasteiger partial charge in [-0.15, -0.1) is 0 Å². The van der Waals surface area contributed by atoms with Gasteiger partial charge in [0, 0.05) is 0 Å². The van der Waals surface area contributed by atoms with Crippen LogP contribution in [-0.4, -0.2) is 0 Å². The van der Waals surface area contributed by atoms with Gasteiger partial charge in [0.15, 0.2) is 0 Å². The topological polar surface area (TPSA) is 0 Å². The van der Waals surface area contributed by atoms with Crippen LogP contribution in [0.4, 0.5) is 0 Å². The molecule has 0 aromatic carbocycles. The second-order valence-corrected chi connectivity index (χ2v) is 6.56. The highest BCUT2D eigenvalue weighted by molar-refractivity contribution is 5.42. The third-order valence-corrected chi connectivity index (χ3v) is 6.89. The molecule has 0 radical (unpaired) electrons. The number of hydrogen-bond donors (Lipinski definition) is 0. The summed E-state index contributed by atoms with van der Waals surface area (Å²) < 4.78 is 0. The Balaban J connectivity index is 2.71. The van der Waals surface area contributed by atoms with Crippen molar-refractivity contribution < 1.29 is 0 Å². The Kier molecular flexibility index (Phi) is 2.26. The van der Waals surface area contributed by atoms with E-state index in [1.54, 1.807) is 11.1 Å². The first-order valence-electron chi connectivity index (χ1n) is 6.57. The van der Waals surface area contributed by atoms with Gasteiger partial charge in [0.25, 0.3) is 0 Å². The summed E-state index contributed by atoms with van der Waals surface area (Å²) >= 11 is 0. The lowest BCUT2D eigenvalue weighted by atomic mass is 9.51. The average molecular weight is 218 g/mol. The summed E-state index contributed by atoms with van der Waals surface area (Å²) in [5, 5.41) is 0. The molecule has 0 aliphatic heterocycles. The van der Waals surface area contributed by atoms with Crippen molar-refractivity contribution in [2.24, 2.45) is 28.6 Å². The Morgan fingerprint density at radius 1 is 0.875 bits per heavy atom. The molecule has 0 nitrogen and oxygen atoms in total. The van der Waals surface area contributed by atoms with E-state index in [1.807, 2.05) is 0 Å². The highest BCUT2D eigenvalue weighted by atomic mass is 14.6. The Morgan fingerprint density at radius 2 is 1.19 bits per heavy atom. The zero-order valence-electron chi connectivity index (χ0n) is 11.9. The fraction of sp³-hybridized carbons (Fsp3) is 0.750. The maximum Gasteiger partial charge on any atom is -0.00195 e. The van der Waals surface area contributed by atoms with Crippen molar-refractivity contribution in [1.82, 2.24) is 0 Å². The first-order valence-corrected chi connectivity index (χ1v) is 6.57. The quantitative estimate of drug-likeness (QED) is 0.511. The summed E-state index contributed by atoms with van der Waals surface area (Å²) in [6.07, 6.45) is 0. The van der Waals surface area contributed by atoms with Gasteiger partial charge in [-0.05, 0) is 42.4 Å². The van der Waals surface area contributed by atoms with Crippen LogP contribution in [0.1, 0.15) is 48.5 Å². The summed E-state index contributed by atoms with van der Waals surface area (Å²) in [7, 11) is 0. The highest BCUT2D eigenvalue weighted by Crippen LogP contribution is 2.69. The van der Waals surface area contributed by atoms with E-state index in [4.69, 9.17) is 0 Å². The van der Waals surface area contributed by atoms with Gasteiger partial charge in [0.2, 0.25) is 0 Å². The molecule has 0 N–H and O–H groups in total. The van der Waals surface area contributed by atoms with Crippen LogP contribution in [0.25, 0.3) is 0 Å². The van der Waals surface area contributed by atoms with E-state index in [0.717, 1.165) is 5.92 Å². The molecule has 0 heteroatoms. The van der Waals surface area contributed by atoms with Crippen LogP contribution in [0.3, 0.4) is 0 Å². The normalized spacial score (nSPS) is 52.4. The van der Waals surface area contributed by atoms with Crippen LogP contribution in [0.15, 0.2) is 23.3 Å². The van der Waals surface area contributed by atoms with Crippen LogP contribution in [0, 0.1) is 28.6 Å². The minimum absolute atomic E-state index is 0.336. The molecule has 2 rings (SSSR count). The average Bonchev–Trinajstić information content (AvgIpc) is 2.38. The van der Waals surface area contributed by atoms with Crippen molar-refractivity contribution in [3.05, 3.63) is 23.3 Å². The van der Waals surface area contributed by atoms with Crippen LogP contribution in [-0.2, 0) is 0 Å². The van der Waals surface area contributed by atoms with Gasteiger partial charge in [-0.2, -0.15) is 0 Å². The molecule has 16 heavy (non-hydrogen) atoms. The van der Waals surface area contributed by atoms with E-state index in [9.17, 15) is 0 Å². The standard InChI is InChI=1S/C16H26/c1-9-10(2)15(7)12(4)13(5)16(8,11(9)3)14(15)6/h10-11,14H,1H2,2-8H3. The van der Waals surface area contributed by atoms with Crippen molar-refractivity contribution in [3.63, 3.8) is 0 Å². The third-order valence-electron chi connectivity index (χ3n) is 6.89. The molecule has 0 aromatic rings. The SMILES string of the molecule is C=C1C(C)C2(C)C(C)=C(C)C(C)(C1C)C2C. The molecule has 1 saturated carbocycles. The molecule has 2 aliphatic carbocycles. The number of allylic oxidation sites excluding steroid dienone is 3. The third kappa shape index (κ3) is 0.931. The zero-order valence-corrected chi connectivity index (χ0v) is 11.9. The Morgan fingerprint density at radius 3 is 1.50 bits per heavy atom. The van der Waals surface area contributed by atoms with E-state index in [0.29, 0.717) is 22.7 Å². The molecule has 0 heterocycles. The first-order chi connectivity index (χ1) is 7.20. The smallest absolute Gasteiger partial charge is 0.00195 e. The van der Waals surface area contributed by atoms with Gasteiger partial charge >= 0.3 is 0 Å². The fourth-order valence-corrected chi connectivity index (χ4v) is 4.63. The monoisotopic (exact) mass is 218 g/mol. The molecule has 0 aromatic heterocycles. The van der Waals surface area contributed by atoms with Gasteiger partial charge in [-0.3, -0.25) is 0 Å². The second-order valence-electron chi connectivity index (χ2n) is 6.56. The Labute approximate surface area is 101 Å². The van der Waals surface area contributed by atoms with Crippen molar-refractivity contribution >= 4 is 0 Å². The van der Waals surface area contributed by atoms with Gasteiger partial charge in [-0.25, -0.2) is 0 Å². The summed E-state index contributed by atoms with van der Waals surface area (Å²) in [5.74, 6) is 1.96. The number of rotatable bonds is 0. The largest absolute Gasteiger partial charge is 0.0993 e. The van der Waals surface area contributed by atoms with Crippen LogP contribution < -0.4 is 0 Å². The molecule has 2 bridgehead atoms. The Bertz CT molecular complexity index is 353. The lowest BCUT2D eigenvalue weighted by molar-refractivity contribution is 0.0392. The van der Waals surface area contributed by atoms with Gasteiger partial charge in [0.1, 0.15) is 0 Å². The summed E-state index contributed by atoms with van der Waals surface area (Å²) in [6, 6.07) is 0. The van der Waals surface area contributed by atoms with E-state index >= 15 is 0 Å². The molecular formula is C16H26. The summed E-state index contributed by atoms with van der Waals surface area (Å²) in [5.41, 5.74) is 5.38. The van der Waals surface area contributed by atoms with Gasteiger partial charge in [0.05, 0.1) is 0 Å². The fourth-order valence-electron chi connectivity index (χ4n) is 4.63. The molecule has 1 fully saturated rings. The van der Waals surface area contributed by atoms with E-state index in [2.05, 4.69) is 55.0 Å². The molecule has 0 spiro atoms. The zero-order chi connectivity index (χ0) is 12.5. The van der Waals surface area contributed by atoms with E-state index in [1.165, 1.54) is 5.57 Å². The maximum atomic E-state index is 4.38. The second kappa shape index (κ2) is 3.03. The molecule has 4 atom stereocenters. The van der Waals surface area contributed by atoms with Crippen molar-refractivity contribution in [3.8, 4) is 0 Å². The molecular weight excluding hydrogens is 192 g/mol. The van der Waals surface area contributed by atoms with Crippen molar-refractivity contribution in [2.45, 2.75) is 48.5 Å². The molecule has 2 aliphatic rings. The summed E-state index contributed by atoms with van der Waals surface area (Å²) in [4.78, 5) is 0. The van der Waals surface area contributed by atoms with Gasteiger partial charge < -0.3 is 0 Å².